The number of benzene rings is 2. The van der Waals surface area contributed by atoms with Crippen molar-refractivity contribution in [1.82, 2.24) is 0 Å². The maximum Gasteiger partial charge on any atom is 0.166 e. The summed E-state index contributed by atoms with van der Waals surface area (Å²) in [6, 6.07) is 15.2. The third-order valence-electron chi connectivity index (χ3n) is 3.19. The molecule has 0 aliphatic rings. The van der Waals surface area contributed by atoms with Crippen molar-refractivity contribution in [2.24, 2.45) is 0 Å². The van der Waals surface area contributed by atoms with Crippen molar-refractivity contribution in [2.75, 3.05) is 19.0 Å². The predicted molar refractivity (Wildman–Crippen MR) is 90.2 cm³/mol. The number of carbonyl (C=O) groups excluding carboxylic acids is 1. The van der Waals surface area contributed by atoms with Crippen molar-refractivity contribution in [3.8, 4) is 0 Å². The molecule has 0 aliphatic carbocycles. The first-order valence-corrected chi connectivity index (χ1v) is 7.17. The lowest BCUT2D eigenvalue weighted by molar-refractivity contribution is 0.0996. The number of carbonyl (C=O) groups is 1. The Morgan fingerprint density at radius 1 is 1.05 bits per heavy atom. The molecule has 0 fully saturated rings. The van der Waals surface area contributed by atoms with E-state index in [1.807, 2.05) is 79.7 Å². The lowest BCUT2D eigenvalue weighted by atomic mass is 10.1. The third-order valence-corrected chi connectivity index (χ3v) is 3.44. The predicted octanol–water partition coefficient (Wildman–Crippen LogP) is 4.69. The smallest absolute Gasteiger partial charge is 0.166 e. The molecule has 0 radical (unpaired) electrons. The Bertz CT molecular complexity index is 627. The summed E-state index contributed by atoms with van der Waals surface area (Å²) in [6.45, 7) is 0. The molecule has 0 amide bonds. The molecule has 0 N–H and O–H groups in total. The Labute approximate surface area is 130 Å². The highest BCUT2D eigenvalue weighted by Crippen LogP contribution is 2.14. The van der Waals surface area contributed by atoms with E-state index in [-0.39, 0.29) is 5.78 Å². The summed E-state index contributed by atoms with van der Waals surface area (Å²) in [6.07, 6.45) is 4.21. The average molecular weight is 300 g/mol. The average Bonchev–Trinajstić information content (AvgIpc) is 2.49. The topological polar surface area (TPSA) is 20.3 Å². The molecule has 0 heterocycles. The molecule has 0 bridgehead atoms. The van der Waals surface area contributed by atoms with Crippen LogP contribution in [0.2, 0.25) is 5.02 Å². The molecule has 2 aromatic carbocycles. The van der Waals surface area contributed by atoms with Crippen molar-refractivity contribution >= 4 is 29.1 Å². The van der Waals surface area contributed by atoms with Crippen LogP contribution in [-0.2, 0) is 0 Å². The van der Waals surface area contributed by atoms with Gasteiger partial charge in [0.25, 0.3) is 0 Å². The zero-order valence-electron chi connectivity index (χ0n) is 12.2. The van der Waals surface area contributed by atoms with Crippen molar-refractivity contribution in [2.45, 2.75) is 6.42 Å². The van der Waals surface area contributed by atoms with Gasteiger partial charge in [0.2, 0.25) is 0 Å². The van der Waals surface area contributed by atoms with Gasteiger partial charge in [-0.3, -0.25) is 4.79 Å². The zero-order chi connectivity index (χ0) is 15.2. The summed E-state index contributed by atoms with van der Waals surface area (Å²) < 4.78 is 0. The zero-order valence-corrected chi connectivity index (χ0v) is 13.0. The highest BCUT2D eigenvalue weighted by atomic mass is 35.5. The maximum absolute atomic E-state index is 12.1. The van der Waals surface area contributed by atoms with Gasteiger partial charge in [-0.1, -0.05) is 35.9 Å². The Morgan fingerprint density at radius 2 is 1.67 bits per heavy atom. The van der Waals surface area contributed by atoms with Gasteiger partial charge in [0.1, 0.15) is 0 Å². The molecule has 21 heavy (non-hydrogen) atoms. The monoisotopic (exact) mass is 299 g/mol. The molecule has 0 saturated carbocycles. The third kappa shape index (κ3) is 4.47. The van der Waals surface area contributed by atoms with E-state index in [1.54, 1.807) is 0 Å². The minimum atomic E-state index is 0.116. The standard InChI is InChI=1S/C18H18ClNO/c1-20(2)17-12-8-15(9-13-17)18(21)5-3-4-14-6-10-16(19)11-7-14/h3-4,6-13H,5H2,1-2H3/b4-3+. The summed E-state index contributed by atoms with van der Waals surface area (Å²) in [5.41, 5.74) is 2.86. The van der Waals surface area contributed by atoms with Crippen LogP contribution in [0.4, 0.5) is 5.69 Å². The lowest BCUT2D eigenvalue weighted by Gasteiger charge is -2.12. The molecule has 2 rings (SSSR count). The summed E-state index contributed by atoms with van der Waals surface area (Å²) in [7, 11) is 3.96. The molecule has 0 aliphatic heterocycles. The van der Waals surface area contributed by atoms with E-state index in [1.165, 1.54) is 0 Å². The number of nitrogens with zero attached hydrogens (tertiary/aromatic N) is 1. The summed E-state index contributed by atoms with van der Waals surface area (Å²) in [5, 5.41) is 0.712. The van der Waals surface area contributed by atoms with Gasteiger partial charge in [-0.15, -0.1) is 0 Å². The SMILES string of the molecule is CN(C)c1ccc(C(=O)C/C=C/c2ccc(Cl)cc2)cc1. The fourth-order valence-corrected chi connectivity index (χ4v) is 2.07. The Morgan fingerprint density at radius 3 is 2.24 bits per heavy atom. The van der Waals surface area contributed by atoms with Gasteiger partial charge >= 0.3 is 0 Å². The van der Waals surface area contributed by atoms with E-state index >= 15 is 0 Å². The quantitative estimate of drug-likeness (QED) is 0.746. The molecule has 2 aromatic rings. The van der Waals surface area contributed by atoms with Gasteiger partial charge in [0.15, 0.2) is 5.78 Å². The van der Waals surface area contributed by atoms with E-state index in [0.717, 1.165) is 16.8 Å². The Hall–Kier alpha value is -2.06. The molecule has 3 heteroatoms. The maximum atomic E-state index is 12.1. The van der Waals surface area contributed by atoms with Crippen molar-refractivity contribution < 1.29 is 4.79 Å². The Kier molecular flexibility index (Phi) is 5.18. The second kappa shape index (κ2) is 7.09. The number of rotatable bonds is 5. The fraction of sp³-hybridized carbons (Fsp3) is 0.167. The molecule has 0 spiro atoms. The normalized spacial score (nSPS) is 10.8. The van der Waals surface area contributed by atoms with Gasteiger partial charge in [-0.2, -0.15) is 0 Å². The van der Waals surface area contributed by atoms with Crippen molar-refractivity contribution in [1.29, 1.82) is 0 Å². The molecule has 0 saturated heterocycles. The van der Waals surface area contributed by atoms with Gasteiger partial charge in [0.05, 0.1) is 0 Å². The molecule has 0 unspecified atom stereocenters. The number of ketones is 1. The number of allylic oxidation sites excluding steroid dienone is 1. The van der Waals surface area contributed by atoms with Crippen LogP contribution in [-0.4, -0.2) is 19.9 Å². The first-order valence-electron chi connectivity index (χ1n) is 6.79. The van der Waals surface area contributed by atoms with Crippen LogP contribution in [0.1, 0.15) is 22.3 Å². The minimum absolute atomic E-state index is 0.116. The van der Waals surface area contributed by atoms with Gasteiger partial charge in [-0.05, 0) is 42.0 Å². The molecule has 0 atom stereocenters. The summed E-state index contributed by atoms with van der Waals surface area (Å²) in [4.78, 5) is 14.1. The van der Waals surface area contributed by atoms with E-state index in [4.69, 9.17) is 11.6 Å². The lowest BCUT2D eigenvalue weighted by Crippen LogP contribution is -2.08. The highest BCUT2D eigenvalue weighted by Gasteiger charge is 2.04. The molecule has 2 nitrogen and oxygen atoms in total. The van der Waals surface area contributed by atoms with Crippen LogP contribution in [0.3, 0.4) is 0 Å². The summed E-state index contributed by atoms with van der Waals surface area (Å²) >= 11 is 5.83. The van der Waals surface area contributed by atoms with E-state index in [9.17, 15) is 4.79 Å². The molecular formula is C18H18ClNO. The van der Waals surface area contributed by atoms with Crippen molar-refractivity contribution in [3.63, 3.8) is 0 Å². The number of anilines is 1. The van der Waals surface area contributed by atoms with Crippen LogP contribution in [0.25, 0.3) is 6.08 Å². The van der Waals surface area contributed by atoms with Crippen LogP contribution in [0.5, 0.6) is 0 Å². The number of halogens is 1. The van der Waals surface area contributed by atoms with Crippen LogP contribution in [0.15, 0.2) is 54.6 Å². The van der Waals surface area contributed by atoms with Crippen molar-refractivity contribution in [3.05, 3.63) is 70.8 Å². The fourth-order valence-electron chi connectivity index (χ4n) is 1.94. The molecule has 108 valence electrons. The van der Waals surface area contributed by atoms with Crippen LogP contribution >= 0.6 is 11.6 Å². The van der Waals surface area contributed by atoms with Gasteiger partial charge < -0.3 is 4.90 Å². The van der Waals surface area contributed by atoms with Gasteiger partial charge in [0, 0.05) is 36.8 Å². The number of hydrogen-bond donors (Lipinski definition) is 0. The van der Waals surface area contributed by atoms with Crippen LogP contribution in [0, 0.1) is 0 Å². The first-order chi connectivity index (χ1) is 10.1. The molecule has 0 aromatic heterocycles. The van der Waals surface area contributed by atoms with E-state index in [2.05, 4.69) is 0 Å². The Balaban J connectivity index is 1.96. The second-order valence-electron chi connectivity index (χ2n) is 5.02. The largest absolute Gasteiger partial charge is 0.378 e. The summed E-state index contributed by atoms with van der Waals surface area (Å²) in [5.74, 6) is 0.116. The van der Waals surface area contributed by atoms with Gasteiger partial charge in [-0.25, -0.2) is 0 Å². The number of hydrogen-bond acceptors (Lipinski definition) is 2. The van der Waals surface area contributed by atoms with Crippen LogP contribution < -0.4 is 4.90 Å². The van der Waals surface area contributed by atoms with E-state index < -0.39 is 0 Å². The minimum Gasteiger partial charge on any atom is -0.378 e. The highest BCUT2D eigenvalue weighted by molar-refractivity contribution is 6.30. The first kappa shape index (κ1) is 15.3. The second-order valence-corrected chi connectivity index (χ2v) is 5.46. The molecular weight excluding hydrogens is 282 g/mol. The van der Waals surface area contributed by atoms with E-state index in [0.29, 0.717) is 11.4 Å². The number of Topliss-reactive ketones (excluding diaryl/α,β-unsaturated/α-hetero) is 1.